The fourth-order valence-corrected chi connectivity index (χ4v) is 7.97. The number of carbonyl (C=O) groups is 1. The number of aromatic nitrogens is 2. The monoisotopic (exact) mass is 502 g/mol. The molecule has 1 saturated carbocycles. The van der Waals surface area contributed by atoms with Gasteiger partial charge in [-0.25, -0.2) is 23.1 Å². The van der Waals surface area contributed by atoms with Gasteiger partial charge < -0.3 is 5.32 Å². The van der Waals surface area contributed by atoms with E-state index in [0.29, 0.717) is 5.69 Å². The molecule has 3 aromatic rings. The smallest absolute Gasteiger partial charge is 0.240 e. The van der Waals surface area contributed by atoms with Gasteiger partial charge in [-0.15, -0.1) is 11.3 Å². The first-order chi connectivity index (χ1) is 16.0. The molecule has 0 atom stereocenters. The van der Waals surface area contributed by atoms with Crippen molar-refractivity contribution in [2.24, 2.45) is 0 Å². The second-order valence-corrected chi connectivity index (χ2v) is 12.3. The van der Waals surface area contributed by atoms with E-state index in [2.05, 4.69) is 20.0 Å². The second kappa shape index (κ2) is 9.69. The number of thioether (sulfide) groups is 1. The Bertz CT molecular complexity index is 1270. The highest BCUT2D eigenvalue weighted by atomic mass is 32.2. The van der Waals surface area contributed by atoms with Crippen LogP contribution in [0, 0.1) is 0 Å². The summed E-state index contributed by atoms with van der Waals surface area (Å²) in [6.45, 7) is 0. The lowest BCUT2D eigenvalue weighted by Gasteiger charge is -2.13. The molecule has 1 fully saturated rings. The van der Waals surface area contributed by atoms with Gasteiger partial charge in [-0.2, -0.15) is 0 Å². The van der Waals surface area contributed by atoms with E-state index in [1.54, 1.807) is 29.8 Å². The van der Waals surface area contributed by atoms with Gasteiger partial charge in [0.1, 0.15) is 16.2 Å². The van der Waals surface area contributed by atoms with Gasteiger partial charge in [0.05, 0.1) is 10.6 Å². The molecule has 0 aliphatic heterocycles. The van der Waals surface area contributed by atoms with Crippen molar-refractivity contribution in [2.75, 3.05) is 11.1 Å². The number of benzene rings is 1. The minimum Gasteiger partial charge on any atom is -0.325 e. The third-order valence-electron chi connectivity index (χ3n) is 6.18. The number of rotatable bonds is 7. The molecule has 1 amide bonds. The largest absolute Gasteiger partial charge is 0.325 e. The first-order valence-corrected chi connectivity index (χ1v) is 14.6. The van der Waals surface area contributed by atoms with E-state index in [1.807, 2.05) is 0 Å². The number of amides is 1. The predicted molar refractivity (Wildman–Crippen MR) is 132 cm³/mol. The number of carbonyl (C=O) groups excluding carboxylic acids is 1. The standard InChI is InChI=1S/C23H26N4O3S3/c28-20(13-31-22-21-18-7-3-4-8-19(18)32-23(21)25-14-24-22)26-15-9-11-17(12-10-15)33(29,30)27-16-5-1-2-6-16/h9-12,14,16,27H,1-8,13H2,(H,26,28). The lowest BCUT2D eigenvalue weighted by molar-refractivity contribution is -0.113. The summed E-state index contributed by atoms with van der Waals surface area (Å²) in [7, 11) is -3.54. The average molecular weight is 503 g/mol. The van der Waals surface area contributed by atoms with Crippen molar-refractivity contribution >= 4 is 54.9 Å². The van der Waals surface area contributed by atoms with Gasteiger partial charge in [-0.3, -0.25) is 4.79 Å². The topological polar surface area (TPSA) is 101 Å². The summed E-state index contributed by atoms with van der Waals surface area (Å²) in [6, 6.07) is 6.35. The summed E-state index contributed by atoms with van der Waals surface area (Å²) in [5.41, 5.74) is 1.92. The van der Waals surface area contributed by atoms with Gasteiger partial charge in [-0.1, -0.05) is 24.6 Å². The van der Waals surface area contributed by atoms with E-state index < -0.39 is 10.0 Å². The lowest BCUT2D eigenvalue weighted by Crippen LogP contribution is -2.32. The molecule has 0 radical (unpaired) electrons. The molecule has 7 nitrogen and oxygen atoms in total. The van der Waals surface area contributed by atoms with E-state index in [0.717, 1.165) is 53.8 Å². The van der Waals surface area contributed by atoms with Gasteiger partial charge in [0.25, 0.3) is 0 Å². The molecule has 10 heteroatoms. The molecule has 0 spiro atoms. The van der Waals surface area contributed by atoms with E-state index in [9.17, 15) is 13.2 Å². The first-order valence-electron chi connectivity index (χ1n) is 11.3. The molecule has 0 unspecified atom stereocenters. The van der Waals surface area contributed by atoms with Crippen molar-refractivity contribution < 1.29 is 13.2 Å². The maximum absolute atomic E-state index is 12.6. The first kappa shape index (κ1) is 22.8. The van der Waals surface area contributed by atoms with Crippen molar-refractivity contribution in [3.63, 3.8) is 0 Å². The van der Waals surface area contributed by atoms with Gasteiger partial charge in [0, 0.05) is 22.0 Å². The summed E-state index contributed by atoms with van der Waals surface area (Å²) in [5.74, 6) is 0.0653. The molecule has 2 aliphatic carbocycles. The molecule has 33 heavy (non-hydrogen) atoms. The Morgan fingerprint density at radius 3 is 2.61 bits per heavy atom. The Morgan fingerprint density at radius 1 is 1.06 bits per heavy atom. The molecule has 0 bridgehead atoms. The highest BCUT2D eigenvalue weighted by molar-refractivity contribution is 8.00. The highest BCUT2D eigenvalue weighted by Crippen LogP contribution is 2.39. The van der Waals surface area contributed by atoms with Gasteiger partial charge in [0.15, 0.2) is 0 Å². The van der Waals surface area contributed by atoms with Crippen molar-refractivity contribution in [1.29, 1.82) is 0 Å². The minimum absolute atomic E-state index is 0.0218. The van der Waals surface area contributed by atoms with Crippen LogP contribution in [0.1, 0.15) is 49.0 Å². The molecule has 1 aromatic carbocycles. The van der Waals surface area contributed by atoms with Crippen molar-refractivity contribution in [2.45, 2.75) is 67.3 Å². The van der Waals surface area contributed by atoms with Crippen LogP contribution in [0.2, 0.25) is 0 Å². The van der Waals surface area contributed by atoms with E-state index in [4.69, 9.17) is 0 Å². The zero-order chi connectivity index (χ0) is 22.8. The van der Waals surface area contributed by atoms with Crippen LogP contribution in [-0.4, -0.2) is 36.1 Å². The van der Waals surface area contributed by atoms with Crippen LogP contribution in [0.4, 0.5) is 5.69 Å². The van der Waals surface area contributed by atoms with E-state index in [1.165, 1.54) is 47.2 Å². The molecule has 2 aliphatic rings. The molecule has 2 heterocycles. The molecule has 5 rings (SSSR count). The van der Waals surface area contributed by atoms with Crippen LogP contribution in [-0.2, 0) is 27.7 Å². The fraction of sp³-hybridized carbons (Fsp3) is 0.435. The van der Waals surface area contributed by atoms with Crippen LogP contribution < -0.4 is 10.0 Å². The Balaban J connectivity index is 1.22. The molecule has 2 aromatic heterocycles. The van der Waals surface area contributed by atoms with Crippen LogP contribution in [0.25, 0.3) is 10.2 Å². The Kier molecular flexibility index (Phi) is 6.69. The normalized spacial score (nSPS) is 16.7. The predicted octanol–water partition coefficient (Wildman–Crippen LogP) is 4.52. The lowest BCUT2D eigenvalue weighted by atomic mass is 9.97. The number of anilines is 1. The quantitative estimate of drug-likeness (QED) is 0.364. The van der Waals surface area contributed by atoms with Crippen molar-refractivity contribution in [3.8, 4) is 0 Å². The molecular weight excluding hydrogens is 476 g/mol. The van der Waals surface area contributed by atoms with Crippen LogP contribution in [0.15, 0.2) is 40.5 Å². The fourth-order valence-electron chi connectivity index (χ4n) is 4.55. The Labute approximate surface area is 201 Å². The number of nitrogens with zero attached hydrogens (tertiary/aromatic N) is 2. The average Bonchev–Trinajstić information content (AvgIpc) is 3.45. The van der Waals surface area contributed by atoms with Crippen molar-refractivity contribution in [1.82, 2.24) is 14.7 Å². The molecular formula is C23H26N4O3S3. The number of sulfonamides is 1. The van der Waals surface area contributed by atoms with Gasteiger partial charge in [0.2, 0.25) is 15.9 Å². The number of nitrogens with one attached hydrogen (secondary N) is 2. The second-order valence-electron chi connectivity index (χ2n) is 8.53. The van der Waals surface area contributed by atoms with Crippen LogP contribution >= 0.6 is 23.1 Å². The molecule has 174 valence electrons. The number of aryl methyl sites for hydroxylation is 2. The Hall–Kier alpha value is -2.01. The van der Waals surface area contributed by atoms with Crippen LogP contribution in [0.5, 0.6) is 0 Å². The highest BCUT2D eigenvalue weighted by Gasteiger charge is 2.23. The number of thiophene rings is 1. The summed E-state index contributed by atoms with van der Waals surface area (Å²) < 4.78 is 27.9. The number of hydrogen-bond donors (Lipinski definition) is 2. The third-order valence-corrected chi connectivity index (χ3v) is 9.91. The van der Waals surface area contributed by atoms with E-state index in [-0.39, 0.29) is 22.6 Å². The zero-order valence-corrected chi connectivity index (χ0v) is 20.6. The summed E-state index contributed by atoms with van der Waals surface area (Å²) in [5, 5.41) is 4.82. The summed E-state index contributed by atoms with van der Waals surface area (Å²) >= 11 is 3.16. The summed E-state index contributed by atoms with van der Waals surface area (Å²) in [4.78, 5) is 24.1. The zero-order valence-electron chi connectivity index (χ0n) is 18.2. The maximum Gasteiger partial charge on any atom is 0.240 e. The van der Waals surface area contributed by atoms with Crippen molar-refractivity contribution in [3.05, 3.63) is 41.0 Å². The minimum atomic E-state index is -3.54. The Morgan fingerprint density at radius 2 is 1.82 bits per heavy atom. The maximum atomic E-state index is 12.6. The van der Waals surface area contributed by atoms with Gasteiger partial charge in [-0.05, 0) is 68.4 Å². The van der Waals surface area contributed by atoms with Crippen LogP contribution in [0.3, 0.4) is 0 Å². The molecule has 2 N–H and O–H groups in total. The SMILES string of the molecule is O=C(CSc1ncnc2sc3c(c12)CCCC3)Nc1ccc(S(=O)(=O)NC2CCCC2)cc1. The van der Waals surface area contributed by atoms with E-state index >= 15 is 0 Å². The number of fused-ring (bicyclic) bond motifs is 3. The summed E-state index contributed by atoms with van der Waals surface area (Å²) in [6.07, 6.45) is 10.0. The number of hydrogen-bond acceptors (Lipinski definition) is 7. The third kappa shape index (κ3) is 5.08. The van der Waals surface area contributed by atoms with Gasteiger partial charge >= 0.3 is 0 Å². The molecule has 0 saturated heterocycles.